The van der Waals surface area contributed by atoms with Crippen LogP contribution in [0.5, 0.6) is 0 Å². The standard InChI is InChI=1S/C13H29NO/c1-6-9-14-12(2)7-10-15-11-8-13(3,4)5/h12,14H,6-11H2,1-5H3. The summed E-state index contributed by atoms with van der Waals surface area (Å²) < 4.78 is 5.62. The van der Waals surface area contributed by atoms with Crippen LogP contribution in [0.25, 0.3) is 0 Å². The molecular formula is C13H29NO. The molecule has 0 spiro atoms. The van der Waals surface area contributed by atoms with Gasteiger partial charge in [0.25, 0.3) is 0 Å². The van der Waals surface area contributed by atoms with Crippen LogP contribution in [0, 0.1) is 5.41 Å². The van der Waals surface area contributed by atoms with Crippen LogP contribution in [-0.4, -0.2) is 25.8 Å². The molecule has 0 saturated heterocycles. The molecular weight excluding hydrogens is 186 g/mol. The van der Waals surface area contributed by atoms with Crippen LogP contribution >= 0.6 is 0 Å². The summed E-state index contributed by atoms with van der Waals surface area (Å²) in [6.07, 6.45) is 3.46. The molecule has 0 aliphatic rings. The number of hydrogen-bond acceptors (Lipinski definition) is 2. The molecule has 0 amide bonds. The highest BCUT2D eigenvalue weighted by Crippen LogP contribution is 2.17. The number of rotatable bonds is 8. The SMILES string of the molecule is CCCNC(C)CCOCCC(C)(C)C. The van der Waals surface area contributed by atoms with Gasteiger partial charge in [-0.3, -0.25) is 0 Å². The first-order valence-electron chi connectivity index (χ1n) is 6.27. The molecule has 2 nitrogen and oxygen atoms in total. The minimum Gasteiger partial charge on any atom is -0.381 e. The molecule has 92 valence electrons. The van der Waals surface area contributed by atoms with E-state index in [1.54, 1.807) is 0 Å². The quantitative estimate of drug-likeness (QED) is 0.628. The van der Waals surface area contributed by atoms with Crippen LogP contribution in [0.3, 0.4) is 0 Å². The van der Waals surface area contributed by atoms with Gasteiger partial charge < -0.3 is 10.1 Å². The molecule has 2 heteroatoms. The van der Waals surface area contributed by atoms with Gasteiger partial charge in [0.15, 0.2) is 0 Å². The topological polar surface area (TPSA) is 21.3 Å². The van der Waals surface area contributed by atoms with Gasteiger partial charge in [-0.2, -0.15) is 0 Å². The Morgan fingerprint density at radius 3 is 2.40 bits per heavy atom. The van der Waals surface area contributed by atoms with E-state index in [4.69, 9.17) is 4.74 Å². The second-order valence-electron chi connectivity index (χ2n) is 5.57. The van der Waals surface area contributed by atoms with E-state index < -0.39 is 0 Å². The Balaban J connectivity index is 3.23. The molecule has 0 bridgehead atoms. The van der Waals surface area contributed by atoms with Gasteiger partial charge in [0.05, 0.1) is 0 Å². The largest absolute Gasteiger partial charge is 0.381 e. The molecule has 0 saturated carbocycles. The van der Waals surface area contributed by atoms with Crippen LogP contribution in [0.2, 0.25) is 0 Å². The van der Waals surface area contributed by atoms with Crippen LogP contribution < -0.4 is 5.32 Å². The predicted molar refractivity (Wildman–Crippen MR) is 67.3 cm³/mol. The molecule has 0 aliphatic carbocycles. The van der Waals surface area contributed by atoms with E-state index in [1.807, 2.05) is 0 Å². The van der Waals surface area contributed by atoms with Gasteiger partial charge in [0.1, 0.15) is 0 Å². The maximum atomic E-state index is 5.62. The van der Waals surface area contributed by atoms with Crippen molar-refractivity contribution in [1.29, 1.82) is 0 Å². The van der Waals surface area contributed by atoms with Crippen molar-refractivity contribution in [2.75, 3.05) is 19.8 Å². The van der Waals surface area contributed by atoms with E-state index in [-0.39, 0.29) is 0 Å². The zero-order valence-corrected chi connectivity index (χ0v) is 11.2. The molecule has 0 aromatic heterocycles. The fraction of sp³-hybridized carbons (Fsp3) is 1.00. The maximum absolute atomic E-state index is 5.62. The predicted octanol–water partition coefficient (Wildman–Crippen LogP) is 3.22. The van der Waals surface area contributed by atoms with Gasteiger partial charge in [-0.25, -0.2) is 0 Å². The average Bonchev–Trinajstić information content (AvgIpc) is 2.12. The number of ether oxygens (including phenoxy) is 1. The van der Waals surface area contributed by atoms with Crippen molar-refractivity contribution in [3.05, 3.63) is 0 Å². The van der Waals surface area contributed by atoms with Crippen LogP contribution in [-0.2, 0) is 4.74 Å². The third kappa shape index (κ3) is 11.8. The molecule has 0 rings (SSSR count). The first kappa shape index (κ1) is 14.9. The molecule has 1 atom stereocenters. The normalized spacial score (nSPS) is 14.2. The molecule has 1 N–H and O–H groups in total. The highest BCUT2D eigenvalue weighted by atomic mass is 16.5. The molecule has 0 heterocycles. The lowest BCUT2D eigenvalue weighted by molar-refractivity contribution is 0.101. The Morgan fingerprint density at radius 1 is 1.20 bits per heavy atom. The van der Waals surface area contributed by atoms with Crippen molar-refractivity contribution in [3.63, 3.8) is 0 Å². The Kier molecular flexibility index (Phi) is 8.07. The number of hydrogen-bond donors (Lipinski definition) is 1. The third-order valence-electron chi connectivity index (χ3n) is 2.43. The van der Waals surface area contributed by atoms with E-state index in [9.17, 15) is 0 Å². The Hall–Kier alpha value is -0.0800. The van der Waals surface area contributed by atoms with Gasteiger partial charge in [-0.1, -0.05) is 27.7 Å². The van der Waals surface area contributed by atoms with Crippen LogP contribution in [0.1, 0.15) is 53.9 Å². The zero-order chi connectivity index (χ0) is 11.7. The molecule has 0 fully saturated rings. The molecule has 0 aromatic carbocycles. The summed E-state index contributed by atoms with van der Waals surface area (Å²) in [7, 11) is 0. The van der Waals surface area contributed by atoms with Gasteiger partial charge >= 0.3 is 0 Å². The van der Waals surface area contributed by atoms with Crippen molar-refractivity contribution >= 4 is 0 Å². The van der Waals surface area contributed by atoms with Gasteiger partial charge in [-0.15, -0.1) is 0 Å². The van der Waals surface area contributed by atoms with Crippen molar-refractivity contribution in [1.82, 2.24) is 5.32 Å². The summed E-state index contributed by atoms with van der Waals surface area (Å²) in [6.45, 7) is 14.1. The van der Waals surface area contributed by atoms with E-state index in [1.165, 1.54) is 6.42 Å². The summed E-state index contributed by atoms with van der Waals surface area (Å²) in [4.78, 5) is 0. The Labute approximate surface area is 95.8 Å². The Morgan fingerprint density at radius 2 is 1.87 bits per heavy atom. The van der Waals surface area contributed by atoms with Crippen molar-refractivity contribution in [2.24, 2.45) is 5.41 Å². The molecule has 0 radical (unpaired) electrons. The summed E-state index contributed by atoms with van der Waals surface area (Å²) in [5.74, 6) is 0. The summed E-state index contributed by atoms with van der Waals surface area (Å²) in [5.41, 5.74) is 0.395. The average molecular weight is 215 g/mol. The van der Waals surface area contributed by atoms with Gasteiger partial charge in [0, 0.05) is 19.3 Å². The molecule has 0 aliphatic heterocycles. The monoisotopic (exact) mass is 215 g/mol. The zero-order valence-electron chi connectivity index (χ0n) is 11.2. The summed E-state index contributed by atoms with van der Waals surface area (Å²) in [5, 5.41) is 3.46. The van der Waals surface area contributed by atoms with Crippen molar-refractivity contribution < 1.29 is 4.74 Å². The van der Waals surface area contributed by atoms with E-state index in [0.717, 1.165) is 32.6 Å². The highest BCUT2D eigenvalue weighted by molar-refractivity contribution is 4.61. The van der Waals surface area contributed by atoms with Crippen molar-refractivity contribution in [3.8, 4) is 0 Å². The van der Waals surface area contributed by atoms with Crippen molar-refractivity contribution in [2.45, 2.75) is 59.9 Å². The van der Waals surface area contributed by atoms with Gasteiger partial charge in [-0.05, 0) is 38.1 Å². The van der Waals surface area contributed by atoms with E-state index >= 15 is 0 Å². The second-order valence-corrected chi connectivity index (χ2v) is 5.57. The maximum Gasteiger partial charge on any atom is 0.0480 e. The first-order valence-corrected chi connectivity index (χ1v) is 6.27. The molecule has 0 aromatic rings. The fourth-order valence-electron chi connectivity index (χ4n) is 1.23. The lowest BCUT2D eigenvalue weighted by Gasteiger charge is -2.18. The highest BCUT2D eigenvalue weighted by Gasteiger charge is 2.09. The van der Waals surface area contributed by atoms with E-state index in [0.29, 0.717) is 11.5 Å². The lowest BCUT2D eigenvalue weighted by Crippen LogP contribution is -2.28. The van der Waals surface area contributed by atoms with E-state index in [2.05, 4.69) is 39.9 Å². The molecule has 1 unspecified atom stereocenters. The minimum atomic E-state index is 0.395. The minimum absolute atomic E-state index is 0.395. The van der Waals surface area contributed by atoms with Crippen LogP contribution in [0.4, 0.5) is 0 Å². The first-order chi connectivity index (χ1) is 6.95. The number of nitrogens with one attached hydrogen (secondary N) is 1. The summed E-state index contributed by atoms with van der Waals surface area (Å²) >= 11 is 0. The Bertz CT molecular complexity index is 140. The third-order valence-corrected chi connectivity index (χ3v) is 2.43. The summed E-state index contributed by atoms with van der Waals surface area (Å²) in [6, 6.07) is 0.583. The smallest absolute Gasteiger partial charge is 0.0480 e. The lowest BCUT2D eigenvalue weighted by atomic mass is 9.93. The van der Waals surface area contributed by atoms with Gasteiger partial charge in [0.2, 0.25) is 0 Å². The fourth-order valence-corrected chi connectivity index (χ4v) is 1.23. The van der Waals surface area contributed by atoms with Crippen LogP contribution in [0.15, 0.2) is 0 Å². The second kappa shape index (κ2) is 8.12. The molecule has 15 heavy (non-hydrogen) atoms.